The van der Waals surface area contributed by atoms with Crippen LogP contribution in [0.3, 0.4) is 0 Å². The maximum absolute atomic E-state index is 12.7. The molecule has 0 radical (unpaired) electrons. The van der Waals surface area contributed by atoms with Crippen LogP contribution >= 0.6 is 0 Å². The van der Waals surface area contributed by atoms with Gasteiger partial charge in [-0.2, -0.15) is 0 Å². The molecular formula is C42H51N3O13. The van der Waals surface area contributed by atoms with Crippen molar-refractivity contribution in [3.05, 3.63) is 88.6 Å². The van der Waals surface area contributed by atoms with Gasteiger partial charge in [0.25, 0.3) is 0 Å². The summed E-state index contributed by atoms with van der Waals surface area (Å²) in [5, 5.41) is 10.1. The quantitative estimate of drug-likeness (QED) is 0.141. The number of nitrogens with zero attached hydrogens (tertiary/aromatic N) is 1. The number of carbonyl (C=O) groups excluding carboxylic acids is 6. The van der Waals surface area contributed by atoms with E-state index in [1.807, 2.05) is 68.4 Å². The monoisotopic (exact) mass is 805 g/mol. The van der Waals surface area contributed by atoms with Crippen molar-refractivity contribution >= 4 is 41.8 Å². The summed E-state index contributed by atoms with van der Waals surface area (Å²) >= 11 is 0. The third-order valence-corrected chi connectivity index (χ3v) is 8.76. The molecule has 1 fully saturated rings. The van der Waals surface area contributed by atoms with Gasteiger partial charge in [0.2, 0.25) is 24.2 Å². The molecule has 1 aromatic heterocycles. The van der Waals surface area contributed by atoms with Gasteiger partial charge in [0.1, 0.15) is 24.9 Å². The highest BCUT2D eigenvalue weighted by Crippen LogP contribution is 2.34. The number of ether oxygens (including phenoxy) is 7. The molecule has 2 heterocycles. The number of aromatic amines is 1. The Morgan fingerprint density at radius 1 is 0.810 bits per heavy atom. The number of hydrogen-bond acceptors (Lipinski definition) is 14. The summed E-state index contributed by atoms with van der Waals surface area (Å²) < 4.78 is 39.5. The van der Waals surface area contributed by atoms with Crippen LogP contribution in [0.4, 0.5) is 0 Å². The lowest BCUT2D eigenvalue weighted by atomic mass is 9.97. The molecule has 3 aromatic rings. The molecule has 312 valence electrons. The predicted octanol–water partition coefficient (Wildman–Crippen LogP) is 4.63. The Morgan fingerprint density at radius 3 is 2.03 bits per heavy atom. The highest BCUT2D eigenvalue weighted by Gasteiger charge is 2.53. The molecule has 0 aliphatic carbocycles. The summed E-state index contributed by atoms with van der Waals surface area (Å²) in [6.07, 6.45) is -2.97. The van der Waals surface area contributed by atoms with Gasteiger partial charge in [0, 0.05) is 51.8 Å². The lowest BCUT2D eigenvalue weighted by molar-refractivity contribution is -0.289. The van der Waals surface area contributed by atoms with Crippen molar-refractivity contribution in [2.24, 2.45) is 0 Å². The summed E-state index contributed by atoms with van der Waals surface area (Å²) in [6.45, 7) is 11.4. The molecule has 1 amide bonds. The fourth-order valence-electron chi connectivity index (χ4n) is 6.11. The molecule has 16 heteroatoms. The Morgan fingerprint density at radius 2 is 1.43 bits per heavy atom. The number of hydrogen-bond donors (Lipinski definition) is 2. The van der Waals surface area contributed by atoms with Crippen LogP contribution in [0.15, 0.2) is 60.7 Å². The van der Waals surface area contributed by atoms with Gasteiger partial charge in [-0.15, -0.1) is 5.10 Å². The summed E-state index contributed by atoms with van der Waals surface area (Å²) in [5.74, 6) is -3.74. The van der Waals surface area contributed by atoms with Gasteiger partial charge in [-0.1, -0.05) is 80.6 Å². The molecule has 1 aliphatic rings. The zero-order chi connectivity index (χ0) is 42.6. The Bertz CT molecular complexity index is 1940. The molecule has 0 spiro atoms. The molecule has 58 heavy (non-hydrogen) atoms. The zero-order valence-electron chi connectivity index (χ0n) is 33.9. The van der Waals surface area contributed by atoms with Crippen molar-refractivity contribution in [2.45, 2.75) is 117 Å². The zero-order valence-corrected chi connectivity index (χ0v) is 33.9. The van der Waals surface area contributed by atoms with Crippen LogP contribution < -0.4 is 10.1 Å². The average molecular weight is 806 g/mol. The smallest absolute Gasteiger partial charge is 0.331 e. The van der Waals surface area contributed by atoms with Crippen molar-refractivity contribution < 1.29 is 61.9 Å². The lowest BCUT2D eigenvalue weighted by Crippen LogP contribution is -2.63. The summed E-state index contributed by atoms with van der Waals surface area (Å²) in [6, 6.07) is 16.8. The summed E-state index contributed by atoms with van der Waals surface area (Å²) in [4.78, 5) is 73.8. The van der Waals surface area contributed by atoms with Crippen LogP contribution in [0.1, 0.15) is 95.7 Å². The normalized spacial score (nSPS) is 19.2. The Labute approximate surface area is 336 Å². The van der Waals surface area contributed by atoms with Gasteiger partial charge in [0.05, 0.1) is 0 Å². The second kappa shape index (κ2) is 20.4. The molecule has 16 nitrogen and oxygen atoms in total. The number of carbonyl (C=O) groups is 6. The van der Waals surface area contributed by atoms with Crippen LogP contribution in [0, 0.1) is 0 Å². The molecule has 0 bridgehead atoms. The third kappa shape index (κ3) is 13.0. The molecule has 5 atom stereocenters. The van der Waals surface area contributed by atoms with Crippen molar-refractivity contribution in [3.8, 4) is 5.88 Å². The lowest BCUT2D eigenvalue weighted by Gasteiger charge is -2.43. The summed E-state index contributed by atoms with van der Waals surface area (Å²) in [7, 11) is 0. The average Bonchev–Trinajstić information content (AvgIpc) is 3.54. The van der Waals surface area contributed by atoms with Gasteiger partial charge in [0.15, 0.2) is 12.2 Å². The first kappa shape index (κ1) is 44.7. The number of aromatic nitrogens is 2. The van der Waals surface area contributed by atoms with Crippen molar-refractivity contribution in [1.29, 1.82) is 0 Å². The van der Waals surface area contributed by atoms with E-state index in [4.69, 9.17) is 33.2 Å². The highest BCUT2D eigenvalue weighted by atomic mass is 16.7. The van der Waals surface area contributed by atoms with E-state index < -0.39 is 72.7 Å². The second-order valence-corrected chi connectivity index (χ2v) is 14.5. The van der Waals surface area contributed by atoms with Gasteiger partial charge in [-0.25, -0.2) is 4.79 Å². The molecule has 1 aliphatic heterocycles. The topological polar surface area (TPSA) is 208 Å². The van der Waals surface area contributed by atoms with Crippen molar-refractivity contribution in [3.63, 3.8) is 0 Å². The fourth-order valence-corrected chi connectivity index (χ4v) is 6.11. The highest BCUT2D eigenvalue weighted by molar-refractivity contribution is 5.88. The van der Waals surface area contributed by atoms with Crippen LogP contribution in [0.2, 0.25) is 0 Å². The van der Waals surface area contributed by atoms with E-state index in [0.29, 0.717) is 12.0 Å². The minimum absolute atomic E-state index is 0.0284. The van der Waals surface area contributed by atoms with Crippen LogP contribution in [-0.4, -0.2) is 88.8 Å². The minimum Gasteiger partial charge on any atom is -0.463 e. The standard InChI is InChI=1S/C42H51N3O13/c1-24(2)35-32(21-30-19-17-29(18-20-30)15-12-16-34(50)43-42(7,8)41(51)53-22-31-13-10-9-11-14-31)39(45-44-35)58-40-38(56-28(6)49)37(55-27(5)48)36(54-26(4)47)33(57-40)23-52-25(3)46/h9-15,17-20,24,33,36-38,40H,16,21-23H2,1-8H3,(H,43,50)(H,44,45)/t33-,36+,37+,38-,40+/m1/s1. The van der Waals surface area contributed by atoms with Crippen molar-refractivity contribution in [2.75, 3.05) is 6.61 Å². The number of amides is 1. The largest absolute Gasteiger partial charge is 0.463 e. The molecular weight excluding hydrogens is 754 g/mol. The third-order valence-electron chi connectivity index (χ3n) is 8.76. The fraction of sp³-hybridized carbons (Fsp3) is 0.452. The second-order valence-electron chi connectivity index (χ2n) is 14.5. The van der Waals surface area contributed by atoms with E-state index in [1.54, 1.807) is 26.0 Å². The van der Waals surface area contributed by atoms with E-state index in [1.165, 1.54) is 6.92 Å². The molecule has 0 unspecified atom stereocenters. The van der Waals surface area contributed by atoms with E-state index in [2.05, 4.69) is 15.5 Å². The van der Waals surface area contributed by atoms with E-state index in [0.717, 1.165) is 43.2 Å². The van der Waals surface area contributed by atoms with Crippen molar-refractivity contribution in [1.82, 2.24) is 15.5 Å². The molecule has 1 saturated heterocycles. The first-order valence-corrected chi connectivity index (χ1v) is 18.7. The van der Waals surface area contributed by atoms with Crippen LogP contribution in [0.5, 0.6) is 5.88 Å². The van der Waals surface area contributed by atoms with Gasteiger partial charge in [-0.3, -0.25) is 29.1 Å². The first-order valence-electron chi connectivity index (χ1n) is 18.7. The maximum Gasteiger partial charge on any atom is 0.331 e. The minimum atomic E-state index is -1.46. The summed E-state index contributed by atoms with van der Waals surface area (Å²) in [5.41, 5.74) is 2.73. The van der Waals surface area contributed by atoms with E-state index in [-0.39, 0.29) is 30.7 Å². The maximum atomic E-state index is 12.7. The Hall–Kier alpha value is -6.03. The van der Waals surface area contributed by atoms with Crippen LogP contribution in [-0.2, 0) is 70.2 Å². The predicted molar refractivity (Wildman–Crippen MR) is 207 cm³/mol. The molecule has 0 saturated carbocycles. The molecule has 4 rings (SSSR count). The van der Waals surface area contributed by atoms with Gasteiger partial charge >= 0.3 is 29.8 Å². The van der Waals surface area contributed by atoms with Gasteiger partial charge < -0.3 is 38.5 Å². The number of nitrogens with one attached hydrogen (secondary N) is 2. The Kier molecular flexibility index (Phi) is 15.7. The molecule has 2 N–H and O–H groups in total. The van der Waals surface area contributed by atoms with E-state index in [9.17, 15) is 28.8 Å². The SMILES string of the molecule is CC(=O)OC[C@H]1O[C@@H](Oc2n[nH]c(C(C)C)c2Cc2ccc(C=CCC(=O)NC(C)(C)C(=O)OCc3ccccc3)cc2)[C@H](OC(C)=O)[C@@H](OC(C)=O)[C@H]1OC(C)=O. The number of rotatable bonds is 17. The Balaban J connectivity index is 1.48. The van der Waals surface area contributed by atoms with Gasteiger partial charge in [-0.05, 0) is 36.5 Å². The number of H-pyrrole nitrogens is 1. The number of esters is 5. The number of benzene rings is 2. The first-order chi connectivity index (χ1) is 27.4. The molecule has 2 aromatic carbocycles. The van der Waals surface area contributed by atoms with Crippen LogP contribution in [0.25, 0.3) is 6.08 Å². The van der Waals surface area contributed by atoms with E-state index >= 15 is 0 Å².